The van der Waals surface area contributed by atoms with Crippen LogP contribution in [0, 0.1) is 0 Å². The lowest BCUT2D eigenvalue weighted by Crippen LogP contribution is -2.22. The number of nitrogens with zero attached hydrogens (tertiary/aromatic N) is 4. The molecule has 8 nitrogen and oxygen atoms in total. The molecule has 34 heavy (non-hydrogen) atoms. The highest BCUT2D eigenvalue weighted by molar-refractivity contribution is 7.07. The van der Waals surface area contributed by atoms with E-state index in [0.717, 1.165) is 17.3 Å². The Morgan fingerprint density at radius 3 is 2.50 bits per heavy atom. The zero-order chi connectivity index (χ0) is 24.0. The van der Waals surface area contributed by atoms with Crippen molar-refractivity contribution in [2.24, 2.45) is 0 Å². The molecule has 0 radical (unpaired) electrons. The third kappa shape index (κ3) is 6.59. The third-order valence-corrected chi connectivity index (χ3v) is 7.27. The molecule has 176 valence electrons. The van der Waals surface area contributed by atoms with Gasteiger partial charge in [0.2, 0.25) is 5.95 Å². The first kappa shape index (κ1) is 23.8. The molecule has 2 heterocycles. The van der Waals surface area contributed by atoms with Crippen molar-refractivity contribution in [2.75, 3.05) is 17.2 Å². The van der Waals surface area contributed by atoms with Crippen LogP contribution in [-0.4, -0.2) is 40.3 Å². The summed E-state index contributed by atoms with van der Waals surface area (Å²) in [4.78, 5) is 21.0. The van der Waals surface area contributed by atoms with Crippen LogP contribution in [0.15, 0.2) is 65.5 Å². The van der Waals surface area contributed by atoms with Gasteiger partial charge in [0.05, 0.1) is 5.51 Å². The van der Waals surface area contributed by atoms with Crippen molar-refractivity contribution in [1.29, 1.82) is 0 Å². The summed E-state index contributed by atoms with van der Waals surface area (Å²) in [6.07, 6.45) is 0. The average Bonchev–Trinajstić information content (AvgIpc) is 3.48. The van der Waals surface area contributed by atoms with Gasteiger partial charge in [-0.15, -0.1) is 16.4 Å². The molecule has 0 saturated heterocycles. The minimum atomic E-state index is -1.18. The van der Waals surface area contributed by atoms with Gasteiger partial charge >= 0.3 is 0 Å². The monoisotopic (exact) mass is 492 g/mol. The first-order valence-electron chi connectivity index (χ1n) is 11.0. The molecule has 0 aliphatic rings. The second-order valence-electron chi connectivity index (χ2n) is 9.00. The van der Waals surface area contributed by atoms with E-state index in [-0.39, 0.29) is 5.91 Å². The molecule has 2 N–H and O–H groups in total. The number of amides is 1. The first-order chi connectivity index (χ1) is 16.4. The third-order valence-electron chi connectivity index (χ3n) is 4.98. The van der Waals surface area contributed by atoms with Crippen LogP contribution in [0.25, 0.3) is 11.4 Å². The Kier molecular flexibility index (Phi) is 7.51. The summed E-state index contributed by atoms with van der Waals surface area (Å²) in [5, 5.41) is 12.5. The van der Waals surface area contributed by atoms with Crippen molar-refractivity contribution in [2.45, 2.75) is 32.4 Å². The fraction of sp³-hybridized carbons (Fsp3) is 0.250. The lowest BCUT2D eigenvalue weighted by atomic mass is 10.2. The summed E-state index contributed by atoms with van der Waals surface area (Å²) < 4.78 is 7.71. The van der Waals surface area contributed by atoms with Gasteiger partial charge in [-0.3, -0.25) is 4.79 Å². The van der Waals surface area contributed by atoms with Crippen molar-refractivity contribution >= 4 is 42.6 Å². The summed E-state index contributed by atoms with van der Waals surface area (Å²) in [5.74, 6) is 0.946. The van der Waals surface area contributed by atoms with Crippen molar-refractivity contribution < 1.29 is 9.53 Å². The number of aromatic nitrogens is 4. The molecular weight excluding hydrogens is 464 g/mol. The highest BCUT2D eigenvalue weighted by Crippen LogP contribution is 2.23. The van der Waals surface area contributed by atoms with Crippen LogP contribution in [0.4, 0.5) is 17.3 Å². The van der Waals surface area contributed by atoms with Gasteiger partial charge in [-0.1, -0.05) is 37.8 Å². The quantitative estimate of drug-likeness (QED) is 0.218. The lowest BCUT2D eigenvalue weighted by molar-refractivity contribution is 0.0798. The molecule has 0 spiro atoms. The van der Waals surface area contributed by atoms with Crippen molar-refractivity contribution in [3.63, 3.8) is 0 Å². The van der Waals surface area contributed by atoms with Crippen LogP contribution < -0.4 is 10.6 Å². The Bertz CT molecular complexity index is 1200. The number of hydrogen-bond acceptors (Lipinski definition) is 7. The van der Waals surface area contributed by atoms with E-state index in [0.29, 0.717) is 36.5 Å². The van der Waals surface area contributed by atoms with Gasteiger partial charge in [0.1, 0.15) is 12.4 Å². The number of anilines is 3. The smallest absolute Gasteiger partial charge is 0.275 e. The van der Waals surface area contributed by atoms with Crippen molar-refractivity contribution in [1.82, 2.24) is 19.7 Å². The number of nitrogens with one attached hydrogen (secondary N) is 2. The number of carbonyl (C=O) groups is 1. The average molecular weight is 493 g/mol. The summed E-state index contributed by atoms with van der Waals surface area (Å²) in [6, 6.07) is 18.4. The predicted molar refractivity (Wildman–Crippen MR) is 139 cm³/mol. The van der Waals surface area contributed by atoms with E-state index < -0.39 is 8.07 Å². The molecule has 2 aromatic carbocycles. The maximum absolute atomic E-state index is 12.3. The van der Waals surface area contributed by atoms with Gasteiger partial charge < -0.3 is 15.4 Å². The van der Waals surface area contributed by atoms with E-state index in [1.54, 1.807) is 15.6 Å². The highest BCUT2D eigenvalue weighted by atomic mass is 32.1. The molecule has 2 aromatic heterocycles. The van der Waals surface area contributed by atoms with Crippen LogP contribution in [-0.2, 0) is 11.5 Å². The molecule has 0 saturated carbocycles. The summed E-state index contributed by atoms with van der Waals surface area (Å²) in [6.45, 7) is 7.99. The maximum atomic E-state index is 12.3. The molecular formula is C24H28N6O2SSi. The van der Waals surface area contributed by atoms with E-state index in [2.05, 4.69) is 40.4 Å². The van der Waals surface area contributed by atoms with Crippen LogP contribution in [0.1, 0.15) is 10.5 Å². The largest absolute Gasteiger partial charge is 0.359 e. The minimum Gasteiger partial charge on any atom is -0.359 e. The van der Waals surface area contributed by atoms with Crippen LogP contribution >= 0.6 is 11.3 Å². The number of carbonyl (C=O) groups excluding carboxylic acids is 1. The first-order valence-corrected chi connectivity index (χ1v) is 15.7. The molecule has 4 aromatic rings. The standard InChI is InChI=1S/C24H28N6O2SSi/c1-34(2,3)14-13-32-17-30-22(28-24(29-30)27-19-7-5-4-6-8-19)18-9-11-20(12-10-18)26-23(31)21-15-33-16-25-21/h4-12,15-16H,13-14,17H2,1-3H3,(H,26,31)(H,27,29). The molecule has 0 unspecified atom stereocenters. The van der Waals surface area contributed by atoms with E-state index >= 15 is 0 Å². The van der Waals surface area contributed by atoms with Crippen LogP contribution in [0.2, 0.25) is 25.7 Å². The maximum Gasteiger partial charge on any atom is 0.275 e. The van der Waals surface area contributed by atoms with Gasteiger partial charge in [-0.05, 0) is 42.4 Å². The zero-order valence-electron chi connectivity index (χ0n) is 19.5. The summed E-state index contributed by atoms with van der Waals surface area (Å²) in [7, 11) is -1.18. The van der Waals surface area contributed by atoms with Gasteiger partial charge in [-0.2, -0.15) is 4.98 Å². The predicted octanol–water partition coefficient (Wildman–Crippen LogP) is 5.71. The molecule has 0 aliphatic heterocycles. The molecule has 1 amide bonds. The normalized spacial score (nSPS) is 11.4. The minimum absolute atomic E-state index is 0.234. The lowest BCUT2D eigenvalue weighted by Gasteiger charge is -2.15. The number of benzene rings is 2. The number of rotatable bonds is 10. The Morgan fingerprint density at radius 1 is 1.06 bits per heavy atom. The molecule has 0 aliphatic carbocycles. The molecule has 0 atom stereocenters. The van der Waals surface area contributed by atoms with Gasteiger partial charge in [0.15, 0.2) is 5.82 Å². The fourth-order valence-electron chi connectivity index (χ4n) is 3.10. The van der Waals surface area contributed by atoms with Crippen LogP contribution in [0.3, 0.4) is 0 Å². The van der Waals surface area contributed by atoms with E-state index in [9.17, 15) is 4.79 Å². The molecule has 4 rings (SSSR count). The van der Waals surface area contributed by atoms with E-state index in [1.807, 2.05) is 54.6 Å². The van der Waals surface area contributed by atoms with Gasteiger partial charge in [0, 0.05) is 37.0 Å². The summed E-state index contributed by atoms with van der Waals surface area (Å²) in [5.41, 5.74) is 4.50. The Hall–Kier alpha value is -3.34. The Balaban J connectivity index is 1.51. The number of hydrogen-bond donors (Lipinski definition) is 2. The second-order valence-corrected chi connectivity index (χ2v) is 15.3. The Morgan fingerprint density at radius 2 is 1.82 bits per heavy atom. The molecule has 10 heteroatoms. The van der Waals surface area contributed by atoms with Gasteiger partial charge in [-0.25, -0.2) is 9.67 Å². The summed E-state index contributed by atoms with van der Waals surface area (Å²) >= 11 is 1.39. The fourth-order valence-corrected chi connectivity index (χ4v) is 4.39. The number of ether oxygens (including phenoxy) is 1. The Labute approximate surface area is 204 Å². The number of para-hydroxylation sites is 1. The highest BCUT2D eigenvalue weighted by Gasteiger charge is 2.15. The van der Waals surface area contributed by atoms with Gasteiger partial charge in [0.25, 0.3) is 5.91 Å². The number of thiazole rings is 1. The van der Waals surface area contributed by atoms with Crippen molar-refractivity contribution in [3.05, 3.63) is 71.2 Å². The SMILES string of the molecule is C[Si](C)(C)CCOCn1nc(Nc2ccccc2)nc1-c1ccc(NC(=O)c2cscn2)cc1. The topological polar surface area (TPSA) is 94.0 Å². The molecule has 0 bridgehead atoms. The molecule has 0 fully saturated rings. The van der Waals surface area contributed by atoms with E-state index in [4.69, 9.17) is 9.72 Å². The second kappa shape index (κ2) is 10.7. The van der Waals surface area contributed by atoms with Crippen LogP contribution in [0.5, 0.6) is 0 Å². The zero-order valence-corrected chi connectivity index (χ0v) is 21.3. The van der Waals surface area contributed by atoms with E-state index in [1.165, 1.54) is 11.3 Å². The van der Waals surface area contributed by atoms with Crippen molar-refractivity contribution in [3.8, 4) is 11.4 Å².